The summed E-state index contributed by atoms with van der Waals surface area (Å²) in [5.41, 5.74) is 9.93. The van der Waals surface area contributed by atoms with Crippen LogP contribution in [0, 0.1) is 6.92 Å². The topological polar surface area (TPSA) is 70.6 Å². The van der Waals surface area contributed by atoms with Crippen LogP contribution in [-0.2, 0) is 13.1 Å². The van der Waals surface area contributed by atoms with E-state index in [1.54, 1.807) is 0 Å². The van der Waals surface area contributed by atoms with Crippen LogP contribution in [0.4, 0.5) is 0 Å². The maximum atomic E-state index is 8.79. The Morgan fingerprint density at radius 3 is 2.70 bits per heavy atom. The van der Waals surface area contributed by atoms with Gasteiger partial charge in [0, 0.05) is 18.7 Å². The van der Waals surface area contributed by atoms with E-state index in [2.05, 4.69) is 41.7 Å². The van der Waals surface area contributed by atoms with Crippen molar-refractivity contribution in [3.05, 3.63) is 70.8 Å². The van der Waals surface area contributed by atoms with Crippen molar-refractivity contribution >= 4 is 5.84 Å². The highest BCUT2D eigenvalue weighted by Gasteiger charge is 2.05. The number of amidine groups is 1. The maximum Gasteiger partial charge on any atom is 0.170 e. The molecule has 0 aliphatic heterocycles. The average molecular weight is 269 g/mol. The van der Waals surface area contributed by atoms with Crippen molar-refractivity contribution in [3.63, 3.8) is 0 Å². The van der Waals surface area contributed by atoms with E-state index in [0.717, 1.165) is 17.7 Å². The first kappa shape index (κ1) is 14.1. The molecular weight excluding hydrogens is 250 g/mol. The average Bonchev–Trinajstić information content (AvgIpc) is 2.47. The fourth-order valence-electron chi connectivity index (χ4n) is 2.14. The van der Waals surface area contributed by atoms with Gasteiger partial charge in [-0.2, -0.15) is 0 Å². The number of nitrogens with two attached hydrogens (primary N) is 1. The Kier molecular flexibility index (Phi) is 4.74. The van der Waals surface area contributed by atoms with Crippen molar-refractivity contribution in [2.75, 3.05) is 0 Å². The predicted octanol–water partition coefficient (Wildman–Crippen LogP) is 2.38. The molecule has 2 aromatic carbocycles. The smallest absolute Gasteiger partial charge is 0.170 e. The van der Waals surface area contributed by atoms with Gasteiger partial charge in [0.2, 0.25) is 0 Å². The molecule has 0 amide bonds. The molecule has 0 fully saturated rings. The second-order valence-corrected chi connectivity index (χ2v) is 4.73. The Hall–Kier alpha value is -2.33. The zero-order valence-electron chi connectivity index (χ0n) is 11.5. The lowest BCUT2D eigenvalue weighted by Crippen LogP contribution is -2.19. The molecule has 2 aromatic rings. The summed E-state index contributed by atoms with van der Waals surface area (Å²) in [5.74, 6) is 0.137. The molecule has 4 heteroatoms. The van der Waals surface area contributed by atoms with Gasteiger partial charge in [0.05, 0.1) is 0 Å². The summed E-state index contributed by atoms with van der Waals surface area (Å²) >= 11 is 0. The Balaban J connectivity index is 2.01. The van der Waals surface area contributed by atoms with Gasteiger partial charge < -0.3 is 16.3 Å². The second-order valence-electron chi connectivity index (χ2n) is 4.73. The van der Waals surface area contributed by atoms with Crippen LogP contribution >= 0.6 is 0 Å². The van der Waals surface area contributed by atoms with Crippen molar-refractivity contribution in [1.29, 1.82) is 0 Å². The van der Waals surface area contributed by atoms with E-state index in [-0.39, 0.29) is 5.84 Å². The molecule has 0 aliphatic carbocycles. The Morgan fingerprint density at radius 1 is 1.15 bits per heavy atom. The Bertz CT molecular complexity index is 608. The monoisotopic (exact) mass is 269 g/mol. The standard InChI is InChI=1S/C16H19N3O/c1-12-5-4-6-13(9-12)10-18-11-14-7-2-3-8-15(14)16(17)19-20/h2-9,18,20H,10-11H2,1H3,(H2,17,19). The fraction of sp³-hybridized carbons (Fsp3) is 0.188. The molecule has 0 aliphatic rings. The summed E-state index contributed by atoms with van der Waals surface area (Å²) in [6.07, 6.45) is 0. The molecule has 0 spiro atoms. The van der Waals surface area contributed by atoms with Crippen LogP contribution in [0.2, 0.25) is 0 Å². The first-order valence-electron chi connectivity index (χ1n) is 6.53. The van der Waals surface area contributed by atoms with E-state index < -0.39 is 0 Å². The first-order valence-corrected chi connectivity index (χ1v) is 6.53. The SMILES string of the molecule is Cc1cccc(CNCc2ccccc2C(N)=NO)c1. The van der Waals surface area contributed by atoms with Gasteiger partial charge in [0.1, 0.15) is 0 Å². The molecule has 4 N–H and O–H groups in total. The van der Waals surface area contributed by atoms with Gasteiger partial charge in [-0.05, 0) is 18.1 Å². The van der Waals surface area contributed by atoms with E-state index in [1.807, 2.05) is 24.3 Å². The van der Waals surface area contributed by atoms with Gasteiger partial charge in [-0.3, -0.25) is 0 Å². The molecule has 0 aromatic heterocycles. The lowest BCUT2D eigenvalue weighted by molar-refractivity contribution is 0.318. The van der Waals surface area contributed by atoms with Gasteiger partial charge in [-0.25, -0.2) is 0 Å². The molecular formula is C16H19N3O. The molecule has 104 valence electrons. The van der Waals surface area contributed by atoms with Gasteiger partial charge in [0.15, 0.2) is 5.84 Å². The summed E-state index contributed by atoms with van der Waals surface area (Å²) in [5, 5.41) is 15.2. The van der Waals surface area contributed by atoms with Crippen molar-refractivity contribution in [2.24, 2.45) is 10.9 Å². The van der Waals surface area contributed by atoms with Crippen LogP contribution < -0.4 is 11.1 Å². The minimum Gasteiger partial charge on any atom is -0.409 e. The minimum absolute atomic E-state index is 0.137. The van der Waals surface area contributed by atoms with Crippen LogP contribution in [0.15, 0.2) is 53.7 Å². The third-order valence-corrected chi connectivity index (χ3v) is 3.13. The highest BCUT2D eigenvalue weighted by molar-refractivity contribution is 5.98. The summed E-state index contributed by atoms with van der Waals surface area (Å²) < 4.78 is 0. The summed E-state index contributed by atoms with van der Waals surface area (Å²) in [4.78, 5) is 0. The third-order valence-electron chi connectivity index (χ3n) is 3.13. The number of hydrogen-bond acceptors (Lipinski definition) is 3. The molecule has 0 saturated heterocycles. The highest BCUT2D eigenvalue weighted by atomic mass is 16.4. The van der Waals surface area contributed by atoms with Gasteiger partial charge in [-0.1, -0.05) is 59.3 Å². The van der Waals surface area contributed by atoms with Crippen LogP contribution in [0.5, 0.6) is 0 Å². The molecule has 0 heterocycles. The van der Waals surface area contributed by atoms with Gasteiger partial charge in [-0.15, -0.1) is 0 Å². The number of aryl methyl sites for hydroxylation is 1. The lowest BCUT2D eigenvalue weighted by Gasteiger charge is -2.10. The van der Waals surface area contributed by atoms with E-state index in [1.165, 1.54) is 11.1 Å². The molecule has 0 radical (unpaired) electrons. The van der Waals surface area contributed by atoms with E-state index in [4.69, 9.17) is 10.9 Å². The number of nitrogens with zero attached hydrogens (tertiary/aromatic N) is 1. The van der Waals surface area contributed by atoms with E-state index in [9.17, 15) is 0 Å². The number of hydrogen-bond donors (Lipinski definition) is 3. The predicted molar refractivity (Wildman–Crippen MR) is 80.7 cm³/mol. The molecule has 0 saturated carbocycles. The largest absolute Gasteiger partial charge is 0.409 e. The molecule has 4 nitrogen and oxygen atoms in total. The summed E-state index contributed by atoms with van der Waals surface area (Å²) in [6, 6.07) is 16.0. The van der Waals surface area contributed by atoms with Crippen molar-refractivity contribution < 1.29 is 5.21 Å². The zero-order chi connectivity index (χ0) is 14.4. The Morgan fingerprint density at radius 2 is 1.95 bits per heavy atom. The number of benzene rings is 2. The quantitative estimate of drug-likeness (QED) is 0.338. The molecule has 0 unspecified atom stereocenters. The maximum absolute atomic E-state index is 8.79. The van der Waals surface area contributed by atoms with Crippen LogP contribution in [0.25, 0.3) is 0 Å². The molecule has 20 heavy (non-hydrogen) atoms. The number of nitrogens with one attached hydrogen (secondary N) is 1. The fourth-order valence-corrected chi connectivity index (χ4v) is 2.14. The third kappa shape index (κ3) is 3.59. The van der Waals surface area contributed by atoms with Crippen LogP contribution in [0.3, 0.4) is 0 Å². The van der Waals surface area contributed by atoms with E-state index >= 15 is 0 Å². The first-order chi connectivity index (χ1) is 9.70. The zero-order valence-corrected chi connectivity index (χ0v) is 11.5. The molecule has 2 rings (SSSR count). The van der Waals surface area contributed by atoms with Crippen LogP contribution in [0.1, 0.15) is 22.3 Å². The van der Waals surface area contributed by atoms with Gasteiger partial charge >= 0.3 is 0 Å². The van der Waals surface area contributed by atoms with Crippen molar-refractivity contribution in [3.8, 4) is 0 Å². The minimum atomic E-state index is 0.137. The van der Waals surface area contributed by atoms with Gasteiger partial charge in [0.25, 0.3) is 0 Å². The lowest BCUT2D eigenvalue weighted by atomic mass is 10.1. The number of oxime groups is 1. The second kappa shape index (κ2) is 6.73. The highest BCUT2D eigenvalue weighted by Crippen LogP contribution is 2.09. The molecule has 0 bridgehead atoms. The van der Waals surface area contributed by atoms with Crippen LogP contribution in [-0.4, -0.2) is 11.0 Å². The number of rotatable bonds is 5. The summed E-state index contributed by atoms with van der Waals surface area (Å²) in [6.45, 7) is 3.53. The molecule has 0 atom stereocenters. The Labute approximate surface area is 118 Å². The normalized spacial score (nSPS) is 11.6. The van der Waals surface area contributed by atoms with E-state index in [0.29, 0.717) is 6.54 Å². The van der Waals surface area contributed by atoms with Crippen molar-refractivity contribution in [1.82, 2.24) is 5.32 Å². The summed E-state index contributed by atoms with van der Waals surface area (Å²) in [7, 11) is 0. The van der Waals surface area contributed by atoms with Crippen molar-refractivity contribution in [2.45, 2.75) is 20.0 Å².